The molecule has 2 aromatic carbocycles. The molecule has 0 bridgehead atoms. The number of carbonyl (C=O) groups excluding carboxylic acids is 1. The van der Waals surface area contributed by atoms with Crippen LogP contribution in [-0.4, -0.2) is 28.0 Å². The average Bonchev–Trinajstić information content (AvgIpc) is 2.61. The van der Waals surface area contributed by atoms with E-state index in [-0.39, 0.29) is 10.8 Å². The second kappa shape index (κ2) is 7.56. The Bertz CT molecular complexity index is 976. The van der Waals surface area contributed by atoms with Crippen molar-refractivity contribution in [1.29, 1.82) is 0 Å². The molecule has 1 heterocycles. The number of piperidine rings is 1. The second-order valence-corrected chi connectivity index (χ2v) is 8.06. The van der Waals surface area contributed by atoms with Gasteiger partial charge in [0, 0.05) is 19.0 Å². The summed E-state index contributed by atoms with van der Waals surface area (Å²) in [6.07, 6.45) is 2.26. The zero-order valence-corrected chi connectivity index (χ0v) is 16.0. The number of carbonyl (C=O) groups is 1. The van der Waals surface area contributed by atoms with Gasteiger partial charge >= 0.3 is 0 Å². The van der Waals surface area contributed by atoms with Crippen LogP contribution in [0.4, 0.5) is 15.8 Å². The molecule has 0 atom stereocenters. The number of sulfonamides is 1. The van der Waals surface area contributed by atoms with E-state index in [2.05, 4.69) is 4.72 Å². The highest BCUT2D eigenvalue weighted by Gasteiger charge is 2.24. The fourth-order valence-electron chi connectivity index (χ4n) is 3.15. The van der Waals surface area contributed by atoms with Crippen LogP contribution in [0, 0.1) is 12.7 Å². The largest absolute Gasteiger partial charge is 0.494 e. The van der Waals surface area contributed by atoms with Crippen molar-refractivity contribution < 1.29 is 22.3 Å². The van der Waals surface area contributed by atoms with Crippen LogP contribution < -0.4 is 14.4 Å². The normalized spacial score (nSPS) is 14.9. The van der Waals surface area contributed by atoms with E-state index in [9.17, 15) is 17.6 Å². The number of nitrogens with one attached hydrogen (secondary N) is 1. The van der Waals surface area contributed by atoms with Crippen LogP contribution in [0.3, 0.4) is 0 Å². The Morgan fingerprint density at radius 3 is 2.59 bits per heavy atom. The maximum Gasteiger partial charge on any atom is 0.262 e. The third kappa shape index (κ3) is 4.05. The van der Waals surface area contributed by atoms with Crippen LogP contribution in [0.15, 0.2) is 41.3 Å². The summed E-state index contributed by atoms with van der Waals surface area (Å²) in [5.74, 6) is -0.0697. The lowest BCUT2D eigenvalue weighted by molar-refractivity contribution is -0.119. The van der Waals surface area contributed by atoms with Gasteiger partial charge in [-0.2, -0.15) is 0 Å². The van der Waals surface area contributed by atoms with Gasteiger partial charge in [0.25, 0.3) is 10.0 Å². The van der Waals surface area contributed by atoms with Crippen LogP contribution >= 0.6 is 0 Å². The van der Waals surface area contributed by atoms with Gasteiger partial charge in [-0.05, 0) is 55.7 Å². The predicted molar refractivity (Wildman–Crippen MR) is 101 cm³/mol. The second-order valence-electron chi connectivity index (χ2n) is 6.40. The molecule has 1 N–H and O–H groups in total. The molecule has 144 valence electrons. The minimum Gasteiger partial charge on any atom is -0.494 e. The molecule has 3 rings (SSSR count). The molecule has 1 saturated heterocycles. The number of hydrogen-bond donors (Lipinski definition) is 1. The van der Waals surface area contributed by atoms with E-state index < -0.39 is 15.8 Å². The minimum absolute atomic E-state index is 0.00171. The molecule has 0 spiro atoms. The van der Waals surface area contributed by atoms with Gasteiger partial charge in [-0.25, -0.2) is 12.8 Å². The zero-order valence-electron chi connectivity index (χ0n) is 15.2. The van der Waals surface area contributed by atoms with Crippen molar-refractivity contribution in [3.05, 3.63) is 47.8 Å². The summed E-state index contributed by atoms with van der Waals surface area (Å²) in [6.45, 7) is 2.14. The molecule has 8 heteroatoms. The fourth-order valence-corrected chi connectivity index (χ4v) is 4.43. The first kappa shape index (κ1) is 19.2. The summed E-state index contributed by atoms with van der Waals surface area (Å²) in [6, 6.07) is 8.28. The van der Waals surface area contributed by atoms with Crippen molar-refractivity contribution in [3.8, 4) is 5.75 Å². The van der Waals surface area contributed by atoms with Gasteiger partial charge in [0.15, 0.2) is 0 Å². The summed E-state index contributed by atoms with van der Waals surface area (Å²) in [5, 5.41) is 0. The molecule has 6 nitrogen and oxygen atoms in total. The number of benzene rings is 2. The molecular weight excluding hydrogens is 371 g/mol. The Morgan fingerprint density at radius 2 is 1.93 bits per heavy atom. The molecular formula is C19H21FN2O4S. The van der Waals surface area contributed by atoms with Gasteiger partial charge < -0.3 is 9.64 Å². The lowest BCUT2D eigenvalue weighted by atomic mass is 10.1. The maximum atomic E-state index is 13.3. The van der Waals surface area contributed by atoms with Crippen LogP contribution in [0.1, 0.15) is 24.8 Å². The van der Waals surface area contributed by atoms with Gasteiger partial charge in [-0.1, -0.05) is 0 Å². The first-order chi connectivity index (χ1) is 12.8. The molecule has 1 fully saturated rings. The van der Waals surface area contributed by atoms with E-state index >= 15 is 0 Å². The number of halogens is 1. The molecule has 1 aliphatic heterocycles. The smallest absolute Gasteiger partial charge is 0.262 e. The summed E-state index contributed by atoms with van der Waals surface area (Å²) in [5.41, 5.74) is 1.22. The van der Waals surface area contributed by atoms with Crippen LogP contribution in [0.2, 0.25) is 0 Å². The minimum atomic E-state index is -3.89. The van der Waals surface area contributed by atoms with Gasteiger partial charge in [-0.15, -0.1) is 0 Å². The number of aryl methyl sites for hydroxylation is 1. The SMILES string of the molecule is COc1cc(NS(=O)(=O)c2ccc(F)cc2C)ccc1N1CCCCC1=O. The van der Waals surface area contributed by atoms with Gasteiger partial charge in [0.05, 0.1) is 23.4 Å². The summed E-state index contributed by atoms with van der Waals surface area (Å²) < 4.78 is 46.4. The Labute approximate surface area is 158 Å². The maximum absolute atomic E-state index is 13.3. The summed E-state index contributed by atoms with van der Waals surface area (Å²) >= 11 is 0. The van der Waals surface area contributed by atoms with Crippen molar-refractivity contribution in [2.24, 2.45) is 0 Å². The number of hydrogen-bond acceptors (Lipinski definition) is 4. The molecule has 0 saturated carbocycles. The Balaban J connectivity index is 1.90. The molecule has 0 aromatic heterocycles. The first-order valence-corrected chi connectivity index (χ1v) is 10.1. The first-order valence-electron chi connectivity index (χ1n) is 8.59. The highest BCUT2D eigenvalue weighted by molar-refractivity contribution is 7.92. The Morgan fingerprint density at radius 1 is 1.15 bits per heavy atom. The lowest BCUT2D eigenvalue weighted by Crippen LogP contribution is -2.35. The van der Waals surface area contributed by atoms with E-state index in [0.717, 1.165) is 18.9 Å². The van der Waals surface area contributed by atoms with Gasteiger partial charge in [-0.3, -0.25) is 9.52 Å². The number of amides is 1. The average molecular weight is 392 g/mol. The summed E-state index contributed by atoms with van der Waals surface area (Å²) in [7, 11) is -2.42. The van der Waals surface area contributed by atoms with Gasteiger partial charge in [0.1, 0.15) is 11.6 Å². The zero-order chi connectivity index (χ0) is 19.6. The molecule has 27 heavy (non-hydrogen) atoms. The molecule has 0 aliphatic carbocycles. The number of nitrogens with zero attached hydrogens (tertiary/aromatic N) is 1. The van der Waals surface area contributed by atoms with Crippen molar-refractivity contribution >= 4 is 27.3 Å². The molecule has 0 unspecified atom stereocenters. The highest BCUT2D eigenvalue weighted by atomic mass is 32.2. The van der Waals surface area contributed by atoms with Gasteiger partial charge in [0.2, 0.25) is 5.91 Å². The van der Waals surface area contributed by atoms with E-state index in [1.54, 1.807) is 17.0 Å². The lowest BCUT2D eigenvalue weighted by Gasteiger charge is -2.28. The standard InChI is InChI=1S/C19H21FN2O4S/c1-13-11-14(20)6-9-18(13)27(24,25)21-15-7-8-16(17(12-15)26-2)22-10-4-3-5-19(22)23/h6-9,11-12,21H,3-5,10H2,1-2H3. The quantitative estimate of drug-likeness (QED) is 0.846. The topological polar surface area (TPSA) is 75.7 Å². The van der Waals surface area contributed by atoms with Crippen molar-refractivity contribution in [1.82, 2.24) is 0 Å². The van der Waals surface area contributed by atoms with Crippen molar-refractivity contribution in [3.63, 3.8) is 0 Å². The third-order valence-corrected chi connectivity index (χ3v) is 6.01. The molecule has 1 amide bonds. The Kier molecular flexibility index (Phi) is 5.36. The monoisotopic (exact) mass is 392 g/mol. The number of methoxy groups -OCH3 is 1. The molecule has 2 aromatic rings. The summed E-state index contributed by atoms with van der Waals surface area (Å²) in [4.78, 5) is 13.8. The molecule has 0 radical (unpaired) electrons. The van der Waals surface area contributed by atoms with Crippen LogP contribution in [0.5, 0.6) is 5.75 Å². The number of ether oxygens (including phenoxy) is 1. The predicted octanol–water partition coefficient (Wildman–Crippen LogP) is 3.46. The fraction of sp³-hybridized carbons (Fsp3) is 0.316. The van der Waals surface area contributed by atoms with Crippen LogP contribution in [0.25, 0.3) is 0 Å². The Hall–Kier alpha value is -2.61. The highest BCUT2D eigenvalue weighted by Crippen LogP contribution is 2.34. The van der Waals surface area contributed by atoms with Crippen molar-refractivity contribution in [2.75, 3.05) is 23.3 Å². The van der Waals surface area contributed by atoms with Crippen molar-refractivity contribution in [2.45, 2.75) is 31.1 Å². The third-order valence-electron chi connectivity index (χ3n) is 4.47. The van der Waals surface area contributed by atoms with Crippen LogP contribution in [-0.2, 0) is 14.8 Å². The van der Waals surface area contributed by atoms with E-state index in [4.69, 9.17) is 4.74 Å². The van der Waals surface area contributed by atoms with E-state index in [0.29, 0.717) is 35.7 Å². The number of anilines is 2. The van der Waals surface area contributed by atoms with E-state index in [1.165, 1.54) is 32.2 Å². The number of rotatable bonds is 5. The molecule has 1 aliphatic rings. The van der Waals surface area contributed by atoms with E-state index in [1.807, 2.05) is 0 Å².